The molecular formula is C20H16O10P2. The minimum Gasteiger partial charge on any atom is -0.508 e. The summed E-state index contributed by atoms with van der Waals surface area (Å²) in [6, 6.07) is 18.4. The Kier molecular flexibility index (Phi) is 5.46. The normalized spacial score (nSPS) is 19.7. The fourth-order valence-electron chi connectivity index (χ4n) is 3.54. The first-order chi connectivity index (χ1) is 15.0. The van der Waals surface area contributed by atoms with Crippen molar-refractivity contribution < 1.29 is 47.3 Å². The molecule has 0 bridgehead atoms. The molecule has 0 saturated carbocycles. The zero-order valence-corrected chi connectivity index (χ0v) is 17.8. The van der Waals surface area contributed by atoms with Crippen molar-refractivity contribution in [1.82, 2.24) is 0 Å². The van der Waals surface area contributed by atoms with Crippen molar-refractivity contribution in [2.45, 2.75) is 5.60 Å². The molecule has 0 aliphatic carbocycles. The highest BCUT2D eigenvalue weighted by molar-refractivity contribution is 7.60. The molecule has 32 heavy (non-hydrogen) atoms. The molecule has 10 nitrogen and oxygen atoms in total. The third-order valence-electron chi connectivity index (χ3n) is 4.74. The number of carbonyl (C=O) groups is 1. The van der Waals surface area contributed by atoms with Crippen LogP contribution in [-0.2, 0) is 23.8 Å². The number of benzene rings is 3. The van der Waals surface area contributed by atoms with Gasteiger partial charge in [0, 0.05) is 16.7 Å². The Morgan fingerprint density at radius 2 is 1.38 bits per heavy atom. The molecule has 0 amide bonds. The number of phosphoric acid groups is 2. The molecule has 3 aromatic rings. The van der Waals surface area contributed by atoms with Gasteiger partial charge in [-0.3, -0.25) is 4.89 Å². The van der Waals surface area contributed by atoms with Crippen molar-refractivity contribution >= 4 is 21.6 Å². The van der Waals surface area contributed by atoms with Gasteiger partial charge >= 0.3 is 21.6 Å². The highest BCUT2D eigenvalue weighted by Gasteiger charge is 2.48. The third kappa shape index (κ3) is 4.20. The van der Waals surface area contributed by atoms with Crippen molar-refractivity contribution in [2.75, 3.05) is 0 Å². The number of esters is 1. The van der Waals surface area contributed by atoms with Gasteiger partial charge < -0.3 is 24.2 Å². The number of phosphoric ester groups is 1. The van der Waals surface area contributed by atoms with Crippen molar-refractivity contribution in [1.29, 1.82) is 0 Å². The summed E-state index contributed by atoms with van der Waals surface area (Å²) in [7, 11) is -10.4. The maximum absolute atomic E-state index is 12.6. The highest BCUT2D eigenvalue weighted by Crippen LogP contribution is 2.57. The number of phenolic OH excluding ortho intramolecular Hbond substituents is 1. The van der Waals surface area contributed by atoms with Crippen LogP contribution in [0.1, 0.15) is 27.0 Å². The standard InChI is InChI=1S/C20H16O10P2/c21-15-9-5-13(6-10-15)20(18-4-2-1-3-17(18)19(22)28-20)14-7-11-16(12-8-14)29-32(26,27)30-31(23,24)25/h1-12,21H,(H,26,27)(H2,23,24,25)/t20-/m0/s1. The van der Waals surface area contributed by atoms with E-state index in [4.69, 9.17) is 19.0 Å². The zero-order chi connectivity index (χ0) is 23.1. The fraction of sp³-hybridized carbons (Fsp3) is 0.0500. The average Bonchev–Trinajstić information content (AvgIpc) is 3.01. The monoisotopic (exact) mass is 478 g/mol. The maximum Gasteiger partial charge on any atom is 0.536 e. The molecule has 166 valence electrons. The Balaban J connectivity index is 1.78. The average molecular weight is 478 g/mol. The second kappa shape index (κ2) is 7.86. The minimum atomic E-state index is -5.27. The molecule has 0 spiro atoms. The first kappa shape index (κ1) is 22.2. The van der Waals surface area contributed by atoms with Gasteiger partial charge in [0.05, 0.1) is 5.56 Å². The maximum atomic E-state index is 12.6. The summed E-state index contributed by atoms with van der Waals surface area (Å²) < 4.78 is 36.9. The number of rotatable bonds is 6. The first-order valence-electron chi connectivity index (χ1n) is 9.02. The van der Waals surface area contributed by atoms with Crippen molar-refractivity contribution in [3.05, 3.63) is 95.1 Å². The molecule has 4 N–H and O–H groups in total. The molecule has 0 saturated heterocycles. The third-order valence-corrected chi connectivity index (χ3v) is 6.85. The van der Waals surface area contributed by atoms with Gasteiger partial charge in [-0.15, -0.1) is 0 Å². The molecule has 2 atom stereocenters. The summed E-state index contributed by atoms with van der Waals surface area (Å²) in [4.78, 5) is 39.6. The Labute approximate surface area is 181 Å². The second-order valence-electron chi connectivity index (χ2n) is 6.82. The predicted molar refractivity (Wildman–Crippen MR) is 110 cm³/mol. The van der Waals surface area contributed by atoms with E-state index in [1.807, 2.05) is 0 Å². The van der Waals surface area contributed by atoms with Crippen LogP contribution in [0.5, 0.6) is 11.5 Å². The number of ether oxygens (including phenoxy) is 1. The van der Waals surface area contributed by atoms with Crippen LogP contribution in [0.15, 0.2) is 72.8 Å². The van der Waals surface area contributed by atoms with E-state index in [0.29, 0.717) is 22.3 Å². The van der Waals surface area contributed by atoms with Gasteiger partial charge in [0.25, 0.3) is 0 Å². The van der Waals surface area contributed by atoms with Crippen LogP contribution in [-0.4, -0.2) is 25.8 Å². The summed E-state index contributed by atoms with van der Waals surface area (Å²) in [6.45, 7) is 0. The van der Waals surface area contributed by atoms with Crippen LogP contribution in [0.25, 0.3) is 0 Å². The lowest BCUT2D eigenvalue weighted by molar-refractivity contribution is 0.0251. The van der Waals surface area contributed by atoms with Crippen molar-refractivity contribution in [3.63, 3.8) is 0 Å². The molecule has 4 rings (SSSR count). The lowest BCUT2D eigenvalue weighted by Gasteiger charge is -2.30. The molecule has 0 radical (unpaired) electrons. The Morgan fingerprint density at radius 3 is 1.97 bits per heavy atom. The predicted octanol–water partition coefficient (Wildman–Crippen LogP) is 3.44. The molecular weight excluding hydrogens is 462 g/mol. The summed E-state index contributed by atoms with van der Waals surface area (Å²) in [5, 5.41) is 9.68. The largest absolute Gasteiger partial charge is 0.536 e. The smallest absolute Gasteiger partial charge is 0.508 e. The van der Waals surface area contributed by atoms with E-state index in [0.717, 1.165) is 0 Å². The lowest BCUT2D eigenvalue weighted by atomic mass is 9.80. The van der Waals surface area contributed by atoms with E-state index in [-0.39, 0.29) is 11.5 Å². The van der Waals surface area contributed by atoms with Crippen LogP contribution in [0, 0.1) is 0 Å². The van der Waals surface area contributed by atoms with Crippen LogP contribution in [0.3, 0.4) is 0 Å². The van der Waals surface area contributed by atoms with Crippen molar-refractivity contribution in [2.24, 2.45) is 0 Å². The van der Waals surface area contributed by atoms with E-state index < -0.39 is 27.2 Å². The van der Waals surface area contributed by atoms with Gasteiger partial charge in [-0.1, -0.05) is 42.5 Å². The van der Waals surface area contributed by atoms with Crippen LogP contribution >= 0.6 is 15.6 Å². The number of carbonyl (C=O) groups excluding carboxylic acids is 1. The molecule has 1 heterocycles. The summed E-state index contributed by atoms with van der Waals surface area (Å²) in [5.41, 5.74) is 0.542. The Morgan fingerprint density at radius 1 is 0.812 bits per heavy atom. The molecule has 0 fully saturated rings. The molecule has 1 unspecified atom stereocenters. The number of hydrogen-bond acceptors (Lipinski definition) is 7. The van der Waals surface area contributed by atoms with E-state index >= 15 is 0 Å². The second-order valence-corrected chi connectivity index (χ2v) is 9.57. The molecule has 12 heteroatoms. The molecule has 0 aromatic heterocycles. The van der Waals surface area contributed by atoms with Crippen LogP contribution < -0.4 is 4.52 Å². The van der Waals surface area contributed by atoms with Crippen molar-refractivity contribution in [3.8, 4) is 11.5 Å². The van der Waals surface area contributed by atoms with Gasteiger partial charge in [-0.05, 0) is 30.3 Å². The van der Waals surface area contributed by atoms with Crippen LogP contribution in [0.2, 0.25) is 0 Å². The van der Waals surface area contributed by atoms with Gasteiger partial charge in [-0.2, -0.15) is 4.31 Å². The first-order valence-corrected chi connectivity index (χ1v) is 12.0. The summed E-state index contributed by atoms with van der Waals surface area (Å²) in [6.07, 6.45) is 0. The topological polar surface area (TPSA) is 160 Å². The number of hydrogen-bond donors (Lipinski definition) is 4. The van der Waals surface area contributed by atoms with Gasteiger partial charge in [-0.25, -0.2) is 13.9 Å². The number of cyclic esters (lactones) is 1. The Hall–Kier alpha value is -2.97. The fourth-order valence-corrected chi connectivity index (χ4v) is 5.14. The number of aromatic hydroxyl groups is 1. The van der Waals surface area contributed by atoms with Crippen LogP contribution in [0.4, 0.5) is 0 Å². The summed E-state index contributed by atoms with van der Waals surface area (Å²) >= 11 is 0. The van der Waals surface area contributed by atoms with E-state index in [1.54, 1.807) is 36.4 Å². The Bertz CT molecular complexity index is 1270. The molecule has 1 aliphatic rings. The van der Waals surface area contributed by atoms with E-state index in [2.05, 4.69) is 4.31 Å². The summed E-state index contributed by atoms with van der Waals surface area (Å²) in [5.74, 6) is -0.746. The quantitative estimate of drug-likeness (QED) is 0.305. The van der Waals surface area contributed by atoms with Gasteiger partial charge in [0.1, 0.15) is 11.5 Å². The zero-order valence-electron chi connectivity index (χ0n) is 16.1. The van der Waals surface area contributed by atoms with Gasteiger partial charge in [0.15, 0.2) is 5.60 Å². The molecule has 3 aromatic carbocycles. The minimum absolute atomic E-state index is 0.0222. The highest BCUT2D eigenvalue weighted by atomic mass is 31.3. The number of phenols is 1. The number of fused-ring (bicyclic) bond motifs is 1. The lowest BCUT2D eigenvalue weighted by Crippen LogP contribution is -2.29. The SMILES string of the molecule is O=C1O[C@@](c2ccc(O)cc2)(c2ccc(OP(=O)(O)OP(=O)(O)O)cc2)c2ccccc21. The van der Waals surface area contributed by atoms with E-state index in [9.17, 15) is 23.9 Å². The van der Waals surface area contributed by atoms with E-state index in [1.165, 1.54) is 36.4 Å². The molecule has 1 aliphatic heterocycles. The van der Waals surface area contributed by atoms with Gasteiger partial charge in [0.2, 0.25) is 0 Å².